The van der Waals surface area contributed by atoms with Crippen molar-refractivity contribution in [3.63, 3.8) is 0 Å². The molecule has 0 N–H and O–H groups in total. The van der Waals surface area contributed by atoms with Gasteiger partial charge in [-0.25, -0.2) is 0 Å². The Kier molecular flexibility index (Phi) is 7.42. The Morgan fingerprint density at radius 1 is 0.970 bits per heavy atom. The summed E-state index contributed by atoms with van der Waals surface area (Å²) in [5, 5.41) is 0. The van der Waals surface area contributed by atoms with Crippen LogP contribution in [0.2, 0.25) is 19.6 Å². The van der Waals surface area contributed by atoms with Crippen LogP contribution in [0.25, 0.3) is 0 Å². The summed E-state index contributed by atoms with van der Waals surface area (Å²) in [6, 6.07) is 0. The van der Waals surface area contributed by atoms with E-state index in [4.69, 9.17) is 4.43 Å². The van der Waals surface area contributed by atoms with Gasteiger partial charge in [0, 0.05) is 5.92 Å². The van der Waals surface area contributed by atoms with Crippen LogP contribution in [0.3, 0.4) is 0 Å². The van der Waals surface area contributed by atoms with Crippen molar-refractivity contribution < 1.29 is 4.43 Å². The van der Waals surface area contributed by atoms with E-state index in [0.29, 0.717) is 22.9 Å². The van der Waals surface area contributed by atoms with Crippen molar-refractivity contribution in [2.75, 3.05) is 0 Å². The van der Waals surface area contributed by atoms with Gasteiger partial charge in [0.25, 0.3) is 0 Å². The molecule has 4 aliphatic rings. The van der Waals surface area contributed by atoms with E-state index in [1.54, 1.807) is 5.57 Å². The van der Waals surface area contributed by atoms with Gasteiger partial charge in [0.15, 0.2) is 8.32 Å². The first-order valence-corrected chi connectivity index (χ1v) is 18.2. The summed E-state index contributed by atoms with van der Waals surface area (Å²) < 4.78 is 6.69. The molecule has 4 rings (SSSR count). The summed E-state index contributed by atoms with van der Waals surface area (Å²) in [7, 11) is -1.49. The van der Waals surface area contributed by atoms with Crippen LogP contribution >= 0.6 is 0 Å². The van der Waals surface area contributed by atoms with Gasteiger partial charge in [0.1, 0.15) is 0 Å². The largest absolute Gasteiger partial charge is 0.414 e. The third kappa shape index (κ3) is 4.83. The Morgan fingerprint density at radius 2 is 1.70 bits per heavy atom. The average Bonchev–Trinajstić information content (AvgIpc) is 3.06. The van der Waals surface area contributed by atoms with E-state index in [1.807, 2.05) is 0 Å². The zero-order valence-electron chi connectivity index (χ0n) is 23.7. The molecular weight excluding hydrogens is 416 g/mol. The molecule has 0 aromatic rings. The first-order chi connectivity index (χ1) is 15.4. The molecule has 0 aromatic carbocycles. The number of fused-ring (bicyclic) bond motifs is 5. The van der Waals surface area contributed by atoms with Crippen LogP contribution in [0.15, 0.2) is 11.6 Å². The predicted molar refractivity (Wildman–Crippen MR) is 146 cm³/mol. The summed E-state index contributed by atoms with van der Waals surface area (Å²) in [5.74, 6) is 6.17. The van der Waals surface area contributed by atoms with Gasteiger partial charge in [-0.1, -0.05) is 72.5 Å². The maximum atomic E-state index is 6.69. The van der Waals surface area contributed by atoms with Crippen LogP contribution in [-0.2, 0) is 4.43 Å². The molecule has 0 spiro atoms. The van der Waals surface area contributed by atoms with E-state index in [2.05, 4.69) is 67.3 Å². The molecule has 0 heterocycles. The van der Waals surface area contributed by atoms with Gasteiger partial charge in [0.05, 0.1) is 6.10 Å². The summed E-state index contributed by atoms with van der Waals surface area (Å²) in [5.41, 5.74) is 2.83. The second kappa shape index (κ2) is 9.42. The van der Waals surface area contributed by atoms with E-state index in [1.165, 1.54) is 64.2 Å². The Balaban J connectivity index is 1.49. The number of hydrogen-bond acceptors (Lipinski definition) is 1. The maximum Gasteiger partial charge on any atom is 0.184 e. The van der Waals surface area contributed by atoms with Crippen molar-refractivity contribution in [1.82, 2.24) is 0 Å². The molecule has 3 saturated carbocycles. The molecule has 0 saturated heterocycles. The second-order valence-corrected chi connectivity index (χ2v) is 19.3. The number of rotatable bonds is 7. The Labute approximate surface area is 208 Å². The lowest BCUT2D eigenvalue weighted by Crippen LogP contribution is -2.53. The predicted octanol–water partition coefficient (Wildman–Crippen LogP) is 9.49. The summed E-state index contributed by atoms with van der Waals surface area (Å²) in [6.07, 6.45) is 17.5. The van der Waals surface area contributed by atoms with Gasteiger partial charge in [-0.2, -0.15) is 0 Å². The molecule has 9 unspecified atom stereocenters. The third-order valence-electron chi connectivity index (χ3n) is 11.2. The van der Waals surface area contributed by atoms with Crippen molar-refractivity contribution in [1.29, 1.82) is 0 Å². The van der Waals surface area contributed by atoms with E-state index >= 15 is 0 Å². The topological polar surface area (TPSA) is 9.23 Å². The fourth-order valence-electron chi connectivity index (χ4n) is 9.69. The van der Waals surface area contributed by atoms with E-state index in [-0.39, 0.29) is 0 Å². The maximum absolute atomic E-state index is 6.69. The minimum absolute atomic E-state index is 0.434. The normalized spacial score (nSPS) is 44.1. The molecule has 4 aliphatic carbocycles. The molecule has 0 amide bonds. The zero-order chi connectivity index (χ0) is 24.2. The summed E-state index contributed by atoms with van der Waals surface area (Å²) >= 11 is 0. The van der Waals surface area contributed by atoms with E-state index < -0.39 is 8.32 Å². The second-order valence-electron chi connectivity index (χ2n) is 14.8. The molecular formula is C31H56OSi. The highest BCUT2D eigenvalue weighted by Gasteiger charge is 2.59. The Bertz CT molecular complexity index is 719. The molecule has 2 heteroatoms. The highest BCUT2D eigenvalue weighted by Crippen LogP contribution is 2.68. The zero-order valence-corrected chi connectivity index (χ0v) is 24.7. The lowest BCUT2D eigenvalue weighted by Gasteiger charge is -2.60. The van der Waals surface area contributed by atoms with Crippen molar-refractivity contribution in [2.24, 2.45) is 52.3 Å². The minimum Gasteiger partial charge on any atom is -0.414 e. The van der Waals surface area contributed by atoms with Crippen LogP contribution in [-0.4, -0.2) is 14.4 Å². The fourth-order valence-corrected chi connectivity index (χ4v) is 10.9. The van der Waals surface area contributed by atoms with Crippen LogP contribution in [0.4, 0.5) is 0 Å². The van der Waals surface area contributed by atoms with Crippen LogP contribution in [0, 0.1) is 52.3 Å². The van der Waals surface area contributed by atoms with Gasteiger partial charge in [-0.3, -0.25) is 0 Å². The van der Waals surface area contributed by atoms with Crippen LogP contribution in [0.1, 0.15) is 106 Å². The SMILES string of the molecule is CC(C)CCCC(C)C1CCC2C3CC=C4C(C)C(O[Si](C)(C)C)CCC4(C)C3CCC12C. The van der Waals surface area contributed by atoms with Crippen LogP contribution < -0.4 is 0 Å². The lowest BCUT2D eigenvalue weighted by molar-refractivity contribution is -0.0628. The van der Waals surface area contributed by atoms with Gasteiger partial charge in [-0.05, 0) is 111 Å². The smallest absolute Gasteiger partial charge is 0.184 e. The van der Waals surface area contributed by atoms with Gasteiger partial charge in [-0.15, -0.1) is 0 Å². The van der Waals surface area contributed by atoms with Crippen molar-refractivity contribution in [2.45, 2.75) is 131 Å². The molecule has 190 valence electrons. The molecule has 9 atom stereocenters. The highest BCUT2D eigenvalue weighted by molar-refractivity contribution is 6.69. The monoisotopic (exact) mass is 472 g/mol. The fraction of sp³-hybridized carbons (Fsp3) is 0.935. The molecule has 3 fully saturated rings. The Hall–Kier alpha value is -0.0831. The summed E-state index contributed by atoms with van der Waals surface area (Å²) in [4.78, 5) is 0. The molecule has 0 aliphatic heterocycles. The van der Waals surface area contributed by atoms with Crippen LogP contribution in [0.5, 0.6) is 0 Å². The molecule has 0 radical (unpaired) electrons. The lowest BCUT2D eigenvalue weighted by atomic mass is 9.46. The molecule has 0 aromatic heterocycles. The van der Waals surface area contributed by atoms with Gasteiger partial charge in [0.2, 0.25) is 0 Å². The van der Waals surface area contributed by atoms with E-state index in [0.717, 1.165) is 35.5 Å². The molecule has 1 nitrogen and oxygen atoms in total. The van der Waals surface area contributed by atoms with Crippen molar-refractivity contribution >= 4 is 8.32 Å². The standard InChI is InChI=1S/C31H56OSi/c1-21(2)11-10-12-22(3)25-15-16-27-24-13-14-26-23(4)29(32-33(7,8)9)18-20-31(26,6)28(24)17-19-30(25,27)5/h14,21-25,27-29H,10-13,15-20H2,1-9H3. The average molecular weight is 473 g/mol. The number of allylic oxidation sites excluding steroid dienone is 1. The van der Waals surface area contributed by atoms with Gasteiger partial charge >= 0.3 is 0 Å². The summed E-state index contributed by atoms with van der Waals surface area (Å²) in [6.45, 7) is 22.3. The molecule has 33 heavy (non-hydrogen) atoms. The molecule has 0 bridgehead atoms. The minimum atomic E-state index is -1.49. The highest BCUT2D eigenvalue weighted by atomic mass is 28.4. The first kappa shape index (κ1) is 26.0. The quantitative estimate of drug-likeness (QED) is 0.265. The van der Waals surface area contributed by atoms with E-state index in [9.17, 15) is 0 Å². The Morgan fingerprint density at radius 3 is 2.36 bits per heavy atom. The van der Waals surface area contributed by atoms with Crippen molar-refractivity contribution in [3.05, 3.63) is 11.6 Å². The van der Waals surface area contributed by atoms with Crippen molar-refractivity contribution in [3.8, 4) is 0 Å². The van der Waals surface area contributed by atoms with Gasteiger partial charge < -0.3 is 4.43 Å². The first-order valence-electron chi connectivity index (χ1n) is 14.7. The third-order valence-corrected chi connectivity index (χ3v) is 12.2. The number of hydrogen-bond donors (Lipinski definition) is 0.